The molecule has 21 heteroatoms. The minimum absolute atomic E-state index is 0.0229. The number of hydrogen-bond donors (Lipinski definition) is 8. The van der Waals surface area contributed by atoms with Crippen LogP contribution in [0.25, 0.3) is 0 Å². The summed E-state index contributed by atoms with van der Waals surface area (Å²) >= 11 is 2.46. The zero-order valence-electron chi connectivity index (χ0n) is 35.5. The minimum Gasteiger partial charge on any atom is -0.478 e. The van der Waals surface area contributed by atoms with Gasteiger partial charge in [-0.15, -0.1) is 23.5 Å². The van der Waals surface area contributed by atoms with Gasteiger partial charge < -0.3 is 56.2 Å². The molecule has 8 N–H and O–H groups in total. The molecule has 5 amide bonds. The average Bonchev–Trinajstić information content (AvgIpc) is 4.00. The summed E-state index contributed by atoms with van der Waals surface area (Å²) in [6.07, 6.45) is -1.56. The molecule has 2 aromatic rings. The third-order valence-corrected chi connectivity index (χ3v) is 16.2. The molecule has 6 aliphatic rings. The maximum Gasteiger partial charge on any atom is 0.353 e. The average molecular weight is 933 g/mol. The molecule has 0 aliphatic carbocycles. The van der Waals surface area contributed by atoms with Crippen molar-refractivity contribution >= 4 is 82.3 Å². The number of aliphatic hydroxyl groups is 2. The Morgan fingerprint density at radius 1 is 0.692 bits per heavy atom. The van der Waals surface area contributed by atoms with Crippen LogP contribution in [0.15, 0.2) is 69.7 Å². The Balaban J connectivity index is 0.977. The molecule has 12 atom stereocenters. The molecule has 344 valence electrons. The number of aliphatic carboxylic acids is 2. The van der Waals surface area contributed by atoms with E-state index in [2.05, 4.69) is 16.0 Å². The second-order valence-electron chi connectivity index (χ2n) is 17.4. The Labute approximate surface area is 380 Å². The summed E-state index contributed by atoms with van der Waals surface area (Å²) in [6.45, 7) is 6.93. The lowest BCUT2D eigenvalue weighted by Crippen LogP contribution is -2.63. The Morgan fingerprint density at radius 2 is 1.18 bits per heavy atom. The second kappa shape index (κ2) is 17.6. The highest BCUT2D eigenvalue weighted by atomic mass is 32.2. The van der Waals surface area contributed by atoms with Crippen molar-refractivity contribution in [3.05, 3.63) is 80.9 Å². The first-order valence-corrected chi connectivity index (χ1v) is 22.9. The number of β-lactam (4-membered cyclic amide) rings is 2. The maximum absolute atomic E-state index is 14.4. The van der Waals surface area contributed by atoms with Crippen LogP contribution in [-0.2, 0) is 28.8 Å². The lowest BCUT2D eigenvalue weighted by molar-refractivity contribution is -0.163. The van der Waals surface area contributed by atoms with E-state index in [-0.39, 0.29) is 58.0 Å². The molecule has 0 aromatic heterocycles. The summed E-state index contributed by atoms with van der Waals surface area (Å²) in [4.78, 5) is 109. The van der Waals surface area contributed by atoms with Crippen LogP contribution >= 0.6 is 23.5 Å². The van der Waals surface area contributed by atoms with Crippen LogP contribution in [0.2, 0.25) is 0 Å². The van der Waals surface area contributed by atoms with E-state index in [4.69, 9.17) is 0 Å². The molecule has 0 unspecified atom stereocenters. The summed E-state index contributed by atoms with van der Waals surface area (Å²) in [5.74, 6) is -8.57. The third-order valence-electron chi connectivity index (χ3n) is 13.2. The van der Waals surface area contributed by atoms with Gasteiger partial charge in [0.15, 0.2) is 0 Å². The number of nitrogens with zero attached hydrogens (tertiary/aromatic N) is 3. The molecule has 0 bridgehead atoms. The monoisotopic (exact) mass is 932 g/mol. The number of rotatable bonds is 14. The Morgan fingerprint density at radius 3 is 1.69 bits per heavy atom. The predicted octanol–water partition coefficient (Wildman–Crippen LogP) is 2.05. The van der Waals surface area contributed by atoms with Crippen molar-refractivity contribution in [1.82, 2.24) is 20.0 Å². The highest BCUT2D eigenvalue weighted by Gasteiger charge is 2.62. The van der Waals surface area contributed by atoms with Gasteiger partial charge in [0.05, 0.1) is 47.7 Å². The third kappa shape index (κ3) is 8.06. The highest BCUT2D eigenvalue weighted by Crippen LogP contribution is 2.53. The van der Waals surface area contributed by atoms with Gasteiger partial charge in [0.25, 0.3) is 5.91 Å². The van der Waals surface area contributed by atoms with Crippen LogP contribution in [-0.4, -0.2) is 148 Å². The van der Waals surface area contributed by atoms with Gasteiger partial charge in [-0.3, -0.25) is 24.0 Å². The topological polar surface area (TPSA) is 284 Å². The van der Waals surface area contributed by atoms with Crippen LogP contribution in [0.3, 0.4) is 0 Å². The Hall–Kier alpha value is -5.74. The van der Waals surface area contributed by atoms with E-state index in [1.54, 1.807) is 19.1 Å². The van der Waals surface area contributed by atoms with E-state index in [9.17, 15) is 63.9 Å². The van der Waals surface area contributed by atoms with Crippen LogP contribution in [0.1, 0.15) is 61.3 Å². The largest absolute Gasteiger partial charge is 0.478 e. The first-order valence-electron chi connectivity index (χ1n) is 21.2. The van der Waals surface area contributed by atoms with Crippen LogP contribution in [0, 0.1) is 23.7 Å². The van der Waals surface area contributed by atoms with E-state index in [0.29, 0.717) is 22.8 Å². The number of thioether (sulfide) groups is 2. The quantitative estimate of drug-likeness (QED) is 0.126. The molecule has 4 fully saturated rings. The summed E-state index contributed by atoms with van der Waals surface area (Å²) < 4.78 is 0. The normalized spacial score (nSPS) is 30.1. The standard InChI is InChI=1S/C44H48N6O13S2/c1-17-31-29(19(3)51)40(56)49(31)33(43(60)61)35(17)64-25-13-27(45-15-25)37(53)46-23-9-5-7-21(11-23)39(55)48-16-26(14-28(48)38(54)47-24-10-6-8-22(12-24)42(58)59)65-36-18(2)32-30(20(4)52)41(57)50(32)34(36)44(62)63/h5-12,17-20,25-32,45,51-52H,13-16H2,1-4H3,(H,46,53)(H,47,54)(H,58,59)(H,60,61)(H,62,63)/t17-,18-,19-,20-,25+,26+,27-,28-,29-,30-,31-,32-/m1/s1. The summed E-state index contributed by atoms with van der Waals surface area (Å²) in [5.41, 5.74) is 0.217. The minimum atomic E-state index is -1.32. The lowest BCUT2D eigenvalue weighted by atomic mass is 9.79. The molecule has 4 saturated heterocycles. The zero-order chi connectivity index (χ0) is 46.9. The molecule has 19 nitrogen and oxygen atoms in total. The number of nitrogens with one attached hydrogen (secondary N) is 3. The first-order chi connectivity index (χ1) is 30.8. The number of hydrogen-bond acceptors (Lipinski definition) is 13. The van der Waals surface area contributed by atoms with Crippen molar-refractivity contribution in [3.8, 4) is 0 Å². The highest BCUT2D eigenvalue weighted by molar-refractivity contribution is 8.04. The van der Waals surface area contributed by atoms with Crippen LogP contribution in [0.5, 0.6) is 0 Å². The molecule has 0 spiro atoms. The fourth-order valence-corrected chi connectivity index (χ4v) is 13.1. The number of benzene rings is 2. The molecule has 2 aromatic carbocycles. The van der Waals surface area contributed by atoms with E-state index in [0.717, 1.165) is 11.8 Å². The van der Waals surface area contributed by atoms with Crippen molar-refractivity contribution in [2.24, 2.45) is 23.7 Å². The van der Waals surface area contributed by atoms with E-state index in [1.165, 1.54) is 76.7 Å². The number of carbonyl (C=O) groups excluding carboxylic acids is 5. The summed E-state index contributed by atoms with van der Waals surface area (Å²) in [7, 11) is 0. The number of likely N-dealkylation sites (tertiary alicyclic amines) is 1. The van der Waals surface area contributed by atoms with Gasteiger partial charge in [-0.2, -0.15) is 0 Å². The van der Waals surface area contributed by atoms with E-state index < -0.39 is 107 Å². The van der Waals surface area contributed by atoms with Gasteiger partial charge in [0, 0.05) is 62.2 Å². The smallest absolute Gasteiger partial charge is 0.353 e. The molecular formula is C44H48N6O13S2. The maximum atomic E-state index is 14.4. The fourth-order valence-electron chi connectivity index (χ4n) is 10.1. The van der Waals surface area contributed by atoms with Gasteiger partial charge in [-0.1, -0.05) is 26.0 Å². The van der Waals surface area contributed by atoms with Crippen molar-refractivity contribution in [3.63, 3.8) is 0 Å². The number of aromatic carboxylic acids is 1. The fraction of sp³-hybridized carbons (Fsp3) is 0.455. The van der Waals surface area contributed by atoms with E-state index >= 15 is 0 Å². The van der Waals surface area contributed by atoms with Gasteiger partial charge in [-0.25, -0.2) is 14.4 Å². The van der Waals surface area contributed by atoms with Crippen LogP contribution in [0.4, 0.5) is 11.4 Å². The van der Waals surface area contributed by atoms with Gasteiger partial charge in [-0.05, 0) is 63.1 Å². The lowest BCUT2D eigenvalue weighted by Gasteiger charge is -2.46. The molecule has 65 heavy (non-hydrogen) atoms. The molecule has 8 rings (SSSR count). The molecule has 0 radical (unpaired) electrons. The van der Waals surface area contributed by atoms with Gasteiger partial charge >= 0.3 is 17.9 Å². The first kappa shape index (κ1) is 45.8. The van der Waals surface area contributed by atoms with Crippen LogP contribution < -0.4 is 16.0 Å². The second-order valence-corrected chi connectivity index (χ2v) is 20.1. The molecule has 0 saturated carbocycles. The molecule has 6 heterocycles. The summed E-state index contributed by atoms with van der Waals surface area (Å²) in [6, 6.07) is 8.92. The number of carbonyl (C=O) groups is 8. The number of carboxylic acids is 3. The predicted molar refractivity (Wildman–Crippen MR) is 235 cm³/mol. The number of anilines is 2. The number of carboxylic acid groups (broad SMARTS) is 3. The van der Waals surface area contributed by atoms with Crippen molar-refractivity contribution < 1.29 is 63.9 Å². The van der Waals surface area contributed by atoms with Gasteiger partial charge in [0.2, 0.25) is 23.6 Å². The number of aliphatic hydroxyl groups excluding tert-OH is 2. The van der Waals surface area contributed by atoms with Crippen molar-refractivity contribution in [1.29, 1.82) is 0 Å². The SMILES string of the molecule is C[C@@H](O)[C@H]1C(=O)N2C(C(=O)O)=C(S[C@@H]3CN[C@@H](C(=O)Nc4cccc(C(=O)N5C[C@@H](SC6=C(C(=O)O)N7C(=O)[C@H]([C@@H](C)O)[C@H]7[C@H]6C)C[C@@H]5C(=O)Nc5cccc(C(=O)O)c5)c4)C3)[C@H](C)[C@H]12. The number of amides is 5. The number of fused-ring (bicyclic) bond motifs is 2. The van der Waals surface area contributed by atoms with Crippen molar-refractivity contribution in [2.45, 2.75) is 87.4 Å². The van der Waals surface area contributed by atoms with Gasteiger partial charge in [0.1, 0.15) is 17.4 Å². The molecule has 6 aliphatic heterocycles. The Kier molecular flexibility index (Phi) is 12.4. The summed E-state index contributed by atoms with van der Waals surface area (Å²) in [5, 5.41) is 58.3. The van der Waals surface area contributed by atoms with Crippen molar-refractivity contribution in [2.75, 3.05) is 23.7 Å². The zero-order valence-corrected chi connectivity index (χ0v) is 37.2. The Bertz CT molecular complexity index is 2480. The van der Waals surface area contributed by atoms with E-state index in [1.807, 2.05) is 6.92 Å². The molecular weight excluding hydrogens is 885 g/mol.